The fraction of sp³-hybridized carbons (Fsp3) is 0.318. The Morgan fingerprint density at radius 2 is 1.87 bits per heavy atom. The maximum absolute atomic E-state index is 13.0. The molecule has 4 rings (SSSR count). The monoisotopic (exact) mass is 414 g/mol. The zero-order chi connectivity index (χ0) is 21.3. The molecule has 0 saturated carbocycles. The summed E-state index contributed by atoms with van der Waals surface area (Å²) in [5, 5.41) is 3.54. The number of rotatable bonds is 3. The summed E-state index contributed by atoms with van der Waals surface area (Å²) in [5.41, 5.74) is 1.47. The van der Waals surface area contributed by atoms with E-state index in [0.717, 1.165) is 23.4 Å². The van der Waals surface area contributed by atoms with Crippen LogP contribution in [0.15, 0.2) is 48.8 Å². The van der Waals surface area contributed by atoms with Gasteiger partial charge in [0.1, 0.15) is 5.82 Å². The number of benzene rings is 1. The van der Waals surface area contributed by atoms with Crippen LogP contribution in [0.3, 0.4) is 0 Å². The van der Waals surface area contributed by atoms with Crippen LogP contribution in [0, 0.1) is 12.8 Å². The maximum Gasteiger partial charge on any atom is 0.416 e. The highest BCUT2D eigenvalue weighted by Crippen LogP contribution is 2.34. The van der Waals surface area contributed by atoms with Crippen molar-refractivity contribution in [2.45, 2.75) is 25.9 Å². The number of hydrogen-bond donors (Lipinski definition) is 1. The van der Waals surface area contributed by atoms with Gasteiger partial charge in [0.05, 0.1) is 11.1 Å². The number of carbonyl (C=O) groups is 1. The molecule has 1 aliphatic heterocycles. The molecule has 2 aromatic heterocycles. The Labute approximate surface area is 171 Å². The average molecular weight is 414 g/mol. The number of alkyl halides is 3. The highest BCUT2D eigenvalue weighted by Gasteiger charge is 2.31. The molecule has 0 bridgehead atoms. The molecule has 1 N–H and O–H groups in total. The van der Waals surface area contributed by atoms with Crippen molar-refractivity contribution in [2.75, 3.05) is 23.3 Å². The van der Waals surface area contributed by atoms with Crippen LogP contribution in [0.4, 0.5) is 24.7 Å². The summed E-state index contributed by atoms with van der Waals surface area (Å²) in [5.74, 6) is 0.350. The van der Waals surface area contributed by atoms with E-state index in [1.807, 2.05) is 19.1 Å². The number of nitrogens with one attached hydrogen (secondary N) is 1. The van der Waals surface area contributed by atoms with Gasteiger partial charge >= 0.3 is 6.18 Å². The summed E-state index contributed by atoms with van der Waals surface area (Å²) in [6.45, 7) is 3.21. The van der Waals surface area contributed by atoms with Gasteiger partial charge in [-0.1, -0.05) is 12.1 Å². The number of anilines is 2. The zero-order valence-corrected chi connectivity index (χ0v) is 16.4. The standard InChI is InChI=1S/C22H21F3N4O/c1-14-2-5-20(27-13-14)28-21(30)15-7-10-29(11-8-15)19-6-9-26-18-12-16(22(23,24)25)3-4-17(18)19/h2-6,9,12-13,15H,7-8,10-11H2,1H3,(H,27,28,30). The first-order chi connectivity index (χ1) is 14.3. The molecule has 0 unspecified atom stereocenters. The summed E-state index contributed by atoms with van der Waals surface area (Å²) in [4.78, 5) is 23.0. The number of carbonyl (C=O) groups excluding carboxylic acids is 1. The van der Waals surface area contributed by atoms with Gasteiger partial charge in [0.2, 0.25) is 5.91 Å². The van der Waals surface area contributed by atoms with E-state index in [1.54, 1.807) is 12.3 Å². The topological polar surface area (TPSA) is 58.1 Å². The Balaban J connectivity index is 1.45. The van der Waals surface area contributed by atoms with Gasteiger partial charge in [-0.05, 0) is 49.6 Å². The number of aryl methyl sites for hydroxylation is 1. The van der Waals surface area contributed by atoms with Gasteiger partial charge in [0.25, 0.3) is 0 Å². The summed E-state index contributed by atoms with van der Waals surface area (Å²) in [6.07, 6.45) is 0.144. The number of hydrogen-bond acceptors (Lipinski definition) is 4. The van der Waals surface area contributed by atoms with Crippen LogP contribution in [0.25, 0.3) is 10.9 Å². The minimum absolute atomic E-state index is 0.0552. The van der Waals surface area contributed by atoms with Crippen molar-refractivity contribution >= 4 is 28.3 Å². The molecule has 0 radical (unpaired) electrons. The van der Waals surface area contributed by atoms with E-state index in [4.69, 9.17) is 0 Å². The van der Waals surface area contributed by atoms with E-state index < -0.39 is 11.7 Å². The van der Waals surface area contributed by atoms with Crippen molar-refractivity contribution < 1.29 is 18.0 Å². The van der Waals surface area contributed by atoms with Gasteiger partial charge in [-0.2, -0.15) is 13.2 Å². The average Bonchev–Trinajstić information content (AvgIpc) is 2.74. The van der Waals surface area contributed by atoms with Crippen LogP contribution in [0.5, 0.6) is 0 Å². The number of halogens is 3. The molecule has 1 saturated heterocycles. The molecule has 1 aromatic carbocycles. The fourth-order valence-corrected chi connectivity index (χ4v) is 3.74. The van der Waals surface area contributed by atoms with Crippen molar-refractivity contribution in [3.63, 3.8) is 0 Å². The van der Waals surface area contributed by atoms with Crippen LogP contribution < -0.4 is 10.2 Å². The lowest BCUT2D eigenvalue weighted by molar-refractivity contribution is -0.137. The van der Waals surface area contributed by atoms with Gasteiger partial charge < -0.3 is 10.2 Å². The lowest BCUT2D eigenvalue weighted by Crippen LogP contribution is -2.38. The summed E-state index contributed by atoms with van der Waals surface area (Å²) < 4.78 is 39.0. The molecule has 3 aromatic rings. The van der Waals surface area contributed by atoms with Crippen molar-refractivity contribution in [2.24, 2.45) is 5.92 Å². The molecular formula is C22H21F3N4O. The summed E-state index contributed by atoms with van der Waals surface area (Å²) >= 11 is 0. The first-order valence-corrected chi connectivity index (χ1v) is 9.76. The number of amides is 1. The van der Waals surface area contributed by atoms with E-state index in [0.29, 0.717) is 42.7 Å². The van der Waals surface area contributed by atoms with Crippen LogP contribution in [0.2, 0.25) is 0 Å². The number of nitrogens with zero attached hydrogens (tertiary/aromatic N) is 3. The minimum atomic E-state index is -4.40. The quantitative estimate of drug-likeness (QED) is 0.668. The predicted octanol–water partition coefficient (Wildman–Crippen LogP) is 4.81. The number of pyridine rings is 2. The van der Waals surface area contributed by atoms with Crippen molar-refractivity contribution in [3.8, 4) is 0 Å². The molecule has 1 fully saturated rings. The normalized spacial score (nSPS) is 15.4. The fourth-order valence-electron chi connectivity index (χ4n) is 3.74. The third-order valence-electron chi connectivity index (χ3n) is 5.42. The second-order valence-corrected chi connectivity index (χ2v) is 7.53. The van der Waals surface area contributed by atoms with E-state index in [2.05, 4.69) is 20.2 Å². The third-order valence-corrected chi connectivity index (χ3v) is 5.42. The van der Waals surface area contributed by atoms with E-state index in [9.17, 15) is 18.0 Å². The van der Waals surface area contributed by atoms with E-state index >= 15 is 0 Å². The Morgan fingerprint density at radius 3 is 2.53 bits per heavy atom. The molecule has 8 heteroatoms. The highest BCUT2D eigenvalue weighted by molar-refractivity contribution is 5.93. The zero-order valence-electron chi connectivity index (χ0n) is 16.4. The Hall–Kier alpha value is -3.16. The van der Waals surface area contributed by atoms with Crippen molar-refractivity contribution in [3.05, 3.63) is 59.9 Å². The smallest absolute Gasteiger partial charge is 0.371 e. The maximum atomic E-state index is 13.0. The molecule has 0 atom stereocenters. The van der Waals surface area contributed by atoms with Crippen molar-refractivity contribution in [1.29, 1.82) is 0 Å². The second-order valence-electron chi connectivity index (χ2n) is 7.53. The summed E-state index contributed by atoms with van der Waals surface area (Å²) in [7, 11) is 0. The van der Waals surface area contributed by atoms with Gasteiger partial charge in [0, 0.05) is 42.5 Å². The highest BCUT2D eigenvalue weighted by atomic mass is 19.4. The Morgan fingerprint density at radius 1 is 1.10 bits per heavy atom. The number of aromatic nitrogens is 2. The molecule has 1 aliphatic rings. The number of fused-ring (bicyclic) bond motifs is 1. The van der Waals surface area contributed by atoms with Crippen LogP contribution in [-0.2, 0) is 11.0 Å². The molecule has 5 nitrogen and oxygen atoms in total. The molecule has 0 aliphatic carbocycles. The molecular weight excluding hydrogens is 393 g/mol. The largest absolute Gasteiger partial charge is 0.416 e. The number of piperidine rings is 1. The Kier molecular flexibility index (Phi) is 5.32. The first-order valence-electron chi connectivity index (χ1n) is 9.76. The SMILES string of the molecule is Cc1ccc(NC(=O)C2CCN(c3ccnc4cc(C(F)(F)F)ccc34)CC2)nc1. The van der Waals surface area contributed by atoms with Gasteiger partial charge in [-0.3, -0.25) is 9.78 Å². The minimum Gasteiger partial charge on any atom is -0.371 e. The first kappa shape index (κ1) is 20.1. The predicted molar refractivity (Wildman–Crippen MR) is 109 cm³/mol. The van der Waals surface area contributed by atoms with E-state index in [1.165, 1.54) is 12.3 Å². The summed E-state index contributed by atoms with van der Waals surface area (Å²) in [6, 6.07) is 9.12. The molecule has 156 valence electrons. The van der Waals surface area contributed by atoms with Gasteiger partial charge in [0.15, 0.2) is 0 Å². The van der Waals surface area contributed by atoms with Crippen molar-refractivity contribution in [1.82, 2.24) is 9.97 Å². The Bertz CT molecular complexity index is 1060. The second kappa shape index (κ2) is 7.93. The van der Waals surface area contributed by atoms with Crippen LogP contribution >= 0.6 is 0 Å². The molecule has 1 amide bonds. The lowest BCUT2D eigenvalue weighted by Gasteiger charge is -2.33. The third kappa shape index (κ3) is 4.22. The van der Waals surface area contributed by atoms with Gasteiger partial charge in [-0.25, -0.2) is 4.98 Å². The van der Waals surface area contributed by atoms with E-state index in [-0.39, 0.29) is 11.8 Å². The lowest BCUT2D eigenvalue weighted by atomic mass is 9.95. The molecule has 0 spiro atoms. The van der Waals surface area contributed by atoms with Crippen LogP contribution in [0.1, 0.15) is 24.0 Å². The van der Waals surface area contributed by atoms with Gasteiger partial charge in [-0.15, -0.1) is 0 Å². The molecule has 3 heterocycles. The van der Waals surface area contributed by atoms with Crippen LogP contribution in [-0.4, -0.2) is 29.0 Å². The molecule has 30 heavy (non-hydrogen) atoms.